The fraction of sp³-hybridized carbons (Fsp3) is 1.00. The Morgan fingerprint density at radius 3 is 2.38 bits per heavy atom. The van der Waals surface area contributed by atoms with Gasteiger partial charge in [-0.15, -0.1) is 0 Å². The first-order valence-corrected chi connectivity index (χ1v) is 5.96. The average molecular weight is 183 g/mol. The van der Waals surface area contributed by atoms with E-state index >= 15 is 0 Å². The second-order valence-corrected chi connectivity index (χ2v) is 4.66. The normalized spacial score (nSPS) is 30.2. The molecule has 1 saturated heterocycles. The molecule has 0 amide bonds. The van der Waals surface area contributed by atoms with Crippen molar-refractivity contribution in [3.05, 3.63) is 0 Å². The van der Waals surface area contributed by atoms with Crippen molar-refractivity contribution in [2.75, 3.05) is 6.54 Å². The van der Waals surface area contributed by atoms with Gasteiger partial charge in [0.2, 0.25) is 0 Å². The van der Waals surface area contributed by atoms with E-state index in [2.05, 4.69) is 32.6 Å². The Balaban J connectivity index is 2.52. The van der Waals surface area contributed by atoms with Gasteiger partial charge in [-0.2, -0.15) is 0 Å². The summed E-state index contributed by atoms with van der Waals surface area (Å²) in [6.45, 7) is 10.6. The first kappa shape index (κ1) is 11.0. The zero-order valence-corrected chi connectivity index (χ0v) is 9.71. The van der Waals surface area contributed by atoms with Crippen LogP contribution in [0.1, 0.15) is 53.4 Å². The predicted molar refractivity (Wildman–Crippen MR) is 58.9 cm³/mol. The molecule has 2 atom stereocenters. The molecule has 0 radical (unpaired) electrons. The molecule has 0 saturated carbocycles. The van der Waals surface area contributed by atoms with Crippen molar-refractivity contribution in [2.24, 2.45) is 5.92 Å². The van der Waals surface area contributed by atoms with Gasteiger partial charge in [0, 0.05) is 12.1 Å². The molecule has 1 heterocycles. The maximum Gasteiger partial charge on any atom is 0.0122 e. The summed E-state index contributed by atoms with van der Waals surface area (Å²) < 4.78 is 0. The van der Waals surface area contributed by atoms with Crippen molar-refractivity contribution in [3.8, 4) is 0 Å². The molecule has 0 aromatic rings. The van der Waals surface area contributed by atoms with Crippen LogP contribution in [0.15, 0.2) is 0 Å². The Hall–Kier alpha value is -0.0400. The third-order valence-corrected chi connectivity index (χ3v) is 3.45. The topological polar surface area (TPSA) is 3.24 Å². The molecule has 1 fully saturated rings. The van der Waals surface area contributed by atoms with E-state index in [1.807, 2.05) is 0 Å². The fourth-order valence-electron chi connectivity index (χ4n) is 2.82. The number of rotatable bonds is 4. The highest BCUT2D eigenvalue weighted by atomic mass is 15.2. The van der Waals surface area contributed by atoms with Gasteiger partial charge < -0.3 is 0 Å². The Morgan fingerprint density at radius 1 is 1.23 bits per heavy atom. The average Bonchev–Trinajstić information content (AvgIpc) is 2.48. The van der Waals surface area contributed by atoms with Gasteiger partial charge in [0.15, 0.2) is 0 Å². The van der Waals surface area contributed by atoms with E-state index in [1.165, 1.54) is 32.2 Å². The molecule has 13 heavy (non-hydrogen) atoms. The van der Waals surface area contributed by atoms with Crippen LogP contribution in [0, 0.1) is 5.92 Å². The van der Waals surface area contributed by atoms with Crippen LogP contribution in [0.4, 0.5) is 0 Å². The molecule has 1 nitrogen and oxygen atoms in total. The van der Waals surface area contributed by atoms with Crippen LogP contribution < -0.4 is 0 Å². The van der Waals surface area contributed by atoms with E-state index in [0.29, 0.717) is 0 Å². The SMILES string of the molecule is CCCC1CC[C@@H](C(C)C)N1CC. The zero-order chi connectivity index (χ0) is 9.84. The summed E-state index contributed by atoms with van der Waals surface area (Å²) in [4.78, 5) is 2.73. The van der Waals surface area contributed by atoms with Gasteiger partial charge in [-0.05, 0) is 31.7 Å². The lowest BCUT2D eigenvalue weighted by Crippen LogP contribution is -2.38. The van der Waals surface area contributed by atoms with Gasteiger partial charge >= 0.3 is 0 Å². The third-order valence-electron chi connectivity index (χ3n) is 3.45. The number of nitrogens with zero attached hydrogens (tertiary/aromatic N) is 1. The Bertz CT molecular complexity index is 142. The van der Waals surface area contributed by atoms with Crippen LogP contribution in [-0.2, 0) is 0 Å². The lowest BCUT2D eigenvalue weighted by molar-refractivity contribution is 0.160. The molecule has 0 aromatic carbocycles. The van der Waals surface area contributed by atoms with E-state index in [4.69, 9.17) is 0 Å². The van der Waals surface area contributed by atoms with Gasteiger partial charge in [0.1, 0.15) is 0 Å². The lowest BCUT2D eigenvalue weighted by Gasteiger charge is -2.31. The molecule has 1 unspecified atom stereocenters. The quantitative estimate of drug-likeness (QED) is 0.646. The molecule has 78 valence electrons. The van der Waals surface area contributed by atoms with Crippen LogP contribution in [0.3, 0.4) is 0 Å². The van der Waals surface area contributed by atoms with Crippen molar-refractivity contribution in [3.63, 3.8) is 0 Å². The summed E-state index contributed by atoms with van der Waals surface area (Å²) in [7, 11) is 0. The largest absolute Gasteiger partial charge is 0.297 e. The predicted octanol–water partition coefficient (Wildman–Crippen LogP) is 3.30. The molecule has 1 heteroatoms. The van der Waals surface area contributed by atoms with E-state index in [0.717, 1.165) is 18.0 Å². The smallest absolute Gasteiger partial charge is 0.0122 e. The van der Waals surface area contributed by atoms with E-state index in [1.54, 1.807) is 0 Å². The molecule has 0 spiro atoms. The van der Waals surface area contributed by atoms with Gasteiger partial charge in [0.25, 0.3) is 0 Å². The summed E-state index contributed by atoms with van der Waals surface area (Å²) in [6.07, 6.45) is 5.60. The first-order chi connectivity index (χ1) is 6.20. The highest BCUT2D eigenvalue weighted by molar-refractivity contribution is 4.88. The minimum absolute atomic E-state index is 0.835. The Labute approximate surface area is 83.5 Å². The summed E-state index contributed by atoms with van der Waals surface area (Å²) in [5, 5.41) is 0. The van der Waals surface area contributed by atoms with E-state index in [9.17, 15) is 0 Å². The van der Waals surface area contributed by atoms with Crippen molar-refractivity contribution in [2.45, 2.75) is 65.5 Å². The fourth-order valence-corrected chi connectivity index (χ4v) is 2.82. The molecule has 0 N–H and O–H groups in total. The van der Waals surface area contributed by atoms with Gasteiger partial charge in [0.05, 0.1) is 0 Å². The summed E-state index contributed by atoms with van der Waals surface area (Å²) >= 11 is 0. The summed E-state index contributed by atoms with van der Waals surface area (Å²) in [5.74, 6) is 0.835. The van der Waals surface area contributed by atoms with Gasteiger partial charge in [-0.25, -0.2) is 0 Å². The maximum atomic E-state index is 2.73. The number of likely N-dealkylation sites (tertiary alicyclic amines) is 1. The standard InChI is InChI=1S/C12H25N/c1-5-7-11-8-9-12(10(3)4)13(11)6-2/h10-12H,5-9H2,1-4H3/t11?,12-/m0/s1. The molecule has 1 aliphatic heterocycles. The first-order valence-electron chi connectivity index (χ1n) is 5.96. The molecule has 1 aliphatic rings. The van der Waals surface area contributed by atoms with Crippen molar-refractivity contribution >= 4 is 0 Å². The summed E-state index contributed by atoms with van der Waals surface area (Å²) in [6, 6.07) is 1.75. The monoisotopic (exact) mass is 183 g/mol. The molecule has 0 aliphatic carbocycles. The van der Waals surface area contributed by atoms with Gasteiger partial charge in [-0.3, -0.25) is 4.90 Å². The minimum atomic E-state index is 0.835. The van der Waals surface area contributed by atoms with E-state index in [-0.39, 0.29) is 0 Å². The highest BCUT2D eigenvalue weighted by Crippen LogP contribution is 2.30. The van der Waals surface area contributed by atoms with Crippen LogP contribution in [0.2, 0.25) is 0 Å². The number of hydrogen-bond acceptors (Lipinski definition) is 1. The molecular weight excluding hydrogens is 158 g/mol. The second-order valence-electron chi connectivity index (χ2n) is 4.66. The Kier molecular flexibility index (Phi) is 4.24. The molecule has 1 rings (SSSR count). The minimum Gasteiger partial charge on any atom is -0.297 e. The summed E-state index contributed by atoms with van der Waals surface area (Å²) in [5.41, 5.74) is 0. The number of hydrogen-bond donors (Lipinski definition) is 0. The maximum absolute atomic E-state index is 2.73. The van der Waals surface area contributed by atoms with Crippen LogP contribution in [0.25, 0.3) is 0 Å². The third kappa shape index (κ3) is 2.46. The van der Waals surface area contributed by atoms with E-state index < -0.39 is 0 Å². The van der Waals surface area contributed by atoms with Crippen molar-refractivity contribution in [1.82, 2.24) is 4.90 Å². The molecule has 0 bridgehead atoms. The molecular formula is C12H25N. The Morgan fingerprint density at radius 2 is 1.92 bits per heavy atom. The second kappa shape index (κ2) is 4.99. The van der Waals surface area contributed by atoms with Gasteiger partial charge in [-0.1, -0.05) is 34.1 Å². The molecule has 0 aromatic heterocycles. The van der Waals surface area contributed by atoms with Crippen LogP contribution >= 0.6 is 0 Å². The van der Waals surface area contributed by atoms with Crippen LogP contribution in [-0.4, -0.2) is 23.5 Å². The van der Waals surface area contributed by atoms with Crippen LogP contribution in [0.5, 0.6) is 0 Å². The van der Waals surface area contributed by atoms with Crippen molar-refractivity contribution < 1.29 is 0 Å². The highest BCUT2D eigenvalue weighted by Gasteiger charge is 2.32. The lowest BCUT2D eigenvalue weighted by atomic mass is 10.0. The zero-order valence-electron chi connectivity index (χ0n) is 9.71. The van der Waals surface area contributed by atoms with Crippen molar-refractivity contribution in [1.29, 1.82) is 0 Å².